The van der Waals surface area contributed by atoms with E-state index in [4.69, 9.17) is 0 Å². The number of barbiturate groups is 1. The predicted molar refractivity (Wildman–Crippen MR) is 67.4 cm³/mol. The second-order valence-electron chi connectivity index (χ2n) is 4.15. The molecule has 19 heavy (non-hydrogen) atoms. The molecule has 1 aromatic carbocycles. The molecule has 1 aromatic heterocycles. The van der Waals surface area contributed by atoms with Crippen molar-refractivity contribution in [3.8, 4) is 0 Å². The molecule has 1 fully saturated rings. The minimum atomic E-state index is -0.738. The number of hydrogen-bond donors (Lipinski definition) is 1. The molecule has 0 bridgehead atoms. The van der Waals surface area contributed by atoms with Crippen molar-refractivity contribution in [1.82, 2.24) is 10.3 Å². The number of fused-ring (bicyclic) bond motifs is 1. The van der Waals surface area contributed by atoms with Crippen molar-refractivity contribution in [3.63, 3.8) is 0 Å². The van der Waals surface area contributed by atoms with E-state index < -0.39 is 17.8 Å². The topological polar surface area (TPSA) is 79.4 Å². The minimum Gasteiger partial charge on any atom is -0.277 e. The van der Waals surface area contributed by atoms with Crippen LogP contribution in [-0.4, -0.2) is 22.8 Å². The van der Waals surface area contributed by atoms with E-state index in [0.29, 0.717) is 5.69 Å². The zero-order chi connectivity index (χ0) is 13.4. The first kappa shape index (κ1) is 11.3. The van der Waals surface area contributed by atoms with Crippen LogP contribution in [0.3, 0.4) is 0 Å². The van der Waals surface area contributed by atoms with Crippen molar-refractivity contribution in [2.24, 2.45) is 0 Å². The lowest BCUT2D eigenvalue weighted by Crippen LogP contribution is -2.52. The summed E-state index contributed by atoms with van der Waals surface area (Å²) in [6, 6.07) is 8.32. The van der Waals surface area contributed by atoms with Gasteiger partial charge in [-0.3, -0.25) is 19.9 Å². The number of hydrogen-bond acceptors (Lipinski definition) is 4. The van der Waals surface area contributed by atoms with E-state index in [2.05, 4.69) is 10.3 Å². The van der Waals surface area contributed by atoms with Gasteiger partial charge in [0.15, 0.2) is 0 Å². The molecular formula is C13H9N3O3. The molecule has 0 radical (unpaired) electrons. The molecule has 2 heterocycles. The number of anilines is 1. The largest absolute Gasteiger partial charge is 0.335 e. The zero-order valence-corrected chi connectivity index (χ0v) is 9.79. The summed E-state index contributed by atoms with van der Waals surface area (Å²) in [6.07, 6.45) is 1.11. The molecule has 1 N–H and O–H groups in total. The van der Waals surface area contributed by atoms with Gasteiger partial charge in [-0.1, -0.05) is 18.2 Å². The standard InChI is InChI=1S/C13H9N3O3/c17-11-6-12(18)16(13(19)15-11)9-5-8-3-1-2-4-10(8)14-7-9/h1-5,7H,6H2,(H,15,17,19). The normalized spacial score (nSPS) is 15.8. The highest BCUT2D eigenvalue weighted by Crippen LogP contribution is 2.21. The summed E-state index contributed by atoms with van der Waals surface area (Å²) in [5.41, 5.74) is 1.13. The Kier molecular flexibility index (Phi) is 2.49. The number of nitrogens with one attached hydrogen (secondary N) is 1. The highest BCUT2D eigenvalue weighted by atomic mass is 16.2. The van der Waals surface area contributed by atoms with Crippen LogP contribution in [0.25, 0.3) is 10.9 Å². The summed E-state index contributed by atoms with van der Waals surface area (Å²) in [5.74, 6) is -1.13. The first-order valence-electron chi connectivity index (χ1n) is 5.67. The number of rotatable bonds is 1. The Balaban J connectivity index is 2.06. The molecule has 2 aromatic rings. The van der Waals surface area contributed by atoms with Gasteiger partial charge in [-0.2, -0.15) is 0 Å². The third-order valence-electron chi connectivity index (χ3n) is 2.84. The van der Waals surface area contributed by atoms with Crippen molar-refractivity contribution in [1.29, 1.82) is 0 Å². The fourth-order valence-electron chi connectivity index (χ4n) is 1.99. The van der Waals surface area contributed by atoms with Gasteiger partial charge in [0.2, 0.25) is 11.8 Å². The molecule has 0 spiro atoms. The number of para-hydroxylation sites is 1. The number of benzene rings is 1. The molecule has 0 unspecified atom stereocenters. The number of nitrogens with zero attached hydrogens (tertiary/aromatic N) is 2. The highest BCUT2D eigenvalue weighted by Gasteiger charge is 2.32. The Morgan fingerprint density at radius 3 is 2.74 bits per heavy atom. The minimum absolute atomic E-state index is 0.335. The van der Waals surface area contributed by atoms with Crippen LogP contribution in [-0.2, 0) is 9.59 Å². The van der Waals surface area contributed by atoms with E-state index in [1.807, 2.05) is 24.3 Å². The lowest BCUT2D eigenvalue weighted by Gasteiger charge is -2.24. The lowest BCUT2D eigenvalue weighted by atomic mass is 10.2. The Bertz CT molecular complexity index is 691. The summed E-state index contributed by atoms with van der Waals surface area (Å²) in [5, 5.41) is 2.92. The molecule has 1 aliphatic heterocycles. The van der Waals surface area contributed by atoms with E-state index in [1.54, 1.807) is 6.07 Å². The lowest BCUT2D eigenvalue weighted by molar-refractivity contribution is -0.128. The summed E-state index contributed by atoms with van der Waals surface area (Å²) < 4.78 is 0. The third kappa shape index (κ3) is 1.93. The summed E-state index contributed by atoms with van der Waals surface area (Å²) >= 11 is 0. The van der Waals surface area contributed by atoms with Gasteiger partial charge in [0, 0.05) is 5.39 Å². The molecule has 4 amide bonds. The van der Waals surface area contributed by atoms with Gasteiger partial charge in [-0.05, 0) is 12.1 Å². The highest BCUT2D eigenvalue weighted by molar-refractivity contribution is 6.26. The number of pyridine rings is 1. The van der Waals surface area contributed by atoms with Crippen molar-refractivity contribution >= 4 is 34.4 Å². The zero-order valence-electron chi connectivity index (χ0n) is 9.79. The maximum Gasteiger partial charge on any atom is 0.335 e. The second kappa shape index (κ2) is 4.16. The van der Waals surface area contributed by atoms with Crippen LogP contribution in [0.15, 0.2) is 36.5 Å². The molecule has 6 heteroatoms. The van der Waals surface area contributed by atoms with Gasteiger partial charge in [0.1, 0.15) is 6.42 Å². The average Bonchev–Trinajstić information content (AvgIpc) is 2.37. The molecular weight excluding hydrogens is 246 g/mol. The number of carbonyl (C=O) groups excluding carboxylic acids is 3. The Hall–Kier alpha value is -2.76. The number of amides is 4. The summed E-state index contributed by atoms with van der Waals surface area (Å²) in [6.45, 7) is 0. The molecule has 1 saturated heterocycles. The van der Waals surface area contributed by atoms with E-state index in [9.17, 15) is 14.4 Å². The van der Waals surface area contributed by atoms with Crippen LogP contribution in [0.2, 0.25) is 0 Å². The van der Waals surface area contributed by atoms with E-state index in [-0.39, 0.29) is 6.42 Å². The molecule has 0 atom stereocenters. The van der Waals surface area contributed by atoms with Crippen molar-refractivity contribution in [3.05, 3.63) is 36.5 Å². The molecule has 6 nitrogen and oxygen atoms in total. The van der Waals surface area contributed by atoms with Crippen LogP contribution in [0.4, 0.5) is 10.5 Å². The summed E-state index contributed by atoms with van der Waals surface area (Å²) in [7, 11) is 0. The fourth-order valence-corrected chi connectivity index (χ4v) is 1.99. The van der Waals surface area contributed by atoms with Gasteiger partial charge in [-0.25, -0.2) is 9.69 Å². The van der Waals surface area contributed by atoms with Crippen molar-refractivity contribution < 1.29 is 14.4 Å². The first-order chi connectivity index (χ1) is 9.15. The number of imide groups is 2. The van der Waals surface area contributed by atoms with Crippen LogP contribution in [0.1, 0.15) is 6.42 Å². The summed E-state index contributed by atoms with van der Waals surface area (Å²) in [4.78, 5) is 39.7. The molecule has 3 rings (SSSR count). The van der Waals surface area contributed by atoms with Crippen LogP contribution >= 0.6 is 0 Å². The van der Waals surface area contributed by atoms with Crippen molar-refractivity contribution in [2.75, 3.05) is 4.90 Å². The van der Waals surface area contributed by atoms with E-state index in [1.165, 1.54) is 6.20 Å². The maximum atomic E-state index is 11.8. The monoisotopic (exact) mass is 255 g/mol. The average molecular weight is 255 g/mol. The quantitative estimate of drug-likeness (QED) is 0.777. The maximum absolute atomic E-state index is 11.8. The number of aromatic nitrogens is 1. The number of carbonyl (C=O) groups is 3. The van der Waals surface area contributed by atoms with Gasteiger partial charge in [-0.15, -0.1) is 0 Å². The van der Waals surface area contributed by atoms with Gasteiger partial charge in [0.25, 0.3) is 0 Å². The second-order valence-corrected chi connectivity index (χ2v) is 4.15. The third-order valence-corrected chi connectivity index (χ3v) is 2.84. The Morgan fingerprint density at radius 1 is 1.16 bits per heavy atom. The van der Waals surface area contributed by atoms with Crippen LogP contribution < -0.4 is 10.2 Å². The van der Waals surface area contributed by atoms with Gasteiger partial charge in [0.05, 0.1) is 17.4 Å². The molecule has 0 aliphatic carbocycles. The van der Waals surface area contributed by atoms with E-state index >= 15 is 0 Å². The number of urea groups is 1. The van der Waals surface area contributed by atoms with Crippen molar-refractivity contribution in [2.45, 2.75) is 6.42 Å². The van der Waals surface area contributed by atoms with Crippen LogP contribution in [0.5, 0.6) is 0 Å². The molecule has 1 aliphatic rings. The molecule has 0 saturated carbocycles. The predicted octanol–water partition coefficient (Wildman–Crippen LogP) is 1.21. The smallest absolute Gasteiger partial charge is 0.277 e. The van der Waals surface area contributed by atoms with Gasteiger partial charge >= 0.3 is 6.03 Å². The van der Waals surface area contributed by atoms with Crippen LogP contribution in [0, 0.1) is 0 Å². The molecule has 94 valence electrons. The Labute approximate surface area is 108 Å². The first-order valence-corrected chi connectivity index (χ1v) is 5.67. The SMILES string of the molecule is O=C1CC(=O)N(c2cnc3ccccc3c2)C(=O)N1. The fraction of sp³-hybridized carbons (Fsp3) is 0.0769. The van der Waals surface area contributed by atoms with E-state index in [0.717, 1.165) is 15.8 Å². The Morgan fingerprint density at radius 2 is 1.95 bits per heavy atom. The van der Waals surface area contributed by atoms with Gasteiger partial charge < -0.3 is 0 Å².